The van der Waals surface area contributed by atoms with E-state index in [1.165, 1.54) is 0 Å². The molecule has 0 aromatic heterocycles. The topological polar surface area (TPSA) is 90.0 Å². The monoisotopic (exact) mass is 473 g/mol. The quantitative estimate of drug-likeness (QED) is 0.564. The van der Waals surface area contributed by atoms with Crippen molar-refractivity contribution in [3.05, 3.63) is 28.7 Å². The molecule has 1 amide bonds. The molecule has 0 radical (unpaired) electrons. The van der Waals surface area contributed by atoms with E-state index in [2.05, 4.69) is 15.9 Å². The van der Waals surface area contributed by atoms with Gasteiger partial charge in [-0.25, -0.2) is 13.2 Å². The van der Waals surface area contributed by atoms with E-state index in [-0.39, 0.29) is 36.1 Å². The molecular formula is C19H24BrNO6S. The average molecular weight is 474 g/mol. The first-order valence-electron chi connectivity index (χ1n) is 9.39. The SMILES string of the molecule is O=C(COc1cccc(Br)c1)OCC(=O)N(C1CCCC1)C1CCS(=O)(=O)C1. The Bertz CT molecular complexity index is 821. The third kappa shape index (κ3) is 5.70. The van der Waals surface area contributed by atoms with Gasteiger partial charge in [-0.05, 0) is 37.5 Å². The van der Waals surface area contributed by atoms with Crippen molar-refractivity contribution in [2.75, 3.05) is 24.7 Å². The number of carbonyl (C=O) groups is 2. The fourth-order valence-electron chi connectivity index (χ4n) is 3.84. The third-order valence-corrected chi connectivity index (χ3v) is 7.36. The van der Waals surface area contributed by atoms with Crippen molar-refractivity contribution in [3.8, 4) is 5.75 Å². The van der Waals surface area contributed by atoms with Crippen LogP contribution in [-0.2, 0) is 24.2 Å². The summed E-state index contributed by atoms with van der Waals surface area (Å²) in [4.78, 5) is 26.4. The van der Waals surface area contributed by atoms with E-state index in [0.717, 1.165) is 30.2 Å². The maximum absolute atomic E-state index is 12.8. The van der Waals surface area contributed by atoms with Crippen LogP contribution in [-0.4, -0.2) is 62.0 Å². The summed E-state index contributed by atoms with van der Waals surface area (Å²) in [6.45, 7) is -0.696. The van der Waals surface area contributed by atoms with Crippen LogP contribution in [0.2, 0.25) is 0 Å². The summed E-state index contributed by atoms with van der Waals surface area (Å²) < 4.78 is 35.0. The zero-order valence-corrected chi connectivity index (χ0v) is 17.9. The minimum absolute atomic E-state index is 0.00478. The molecule has 1 saturated heterocycles. The molecule has 1 aliphatic carbocycles. The Kier molecular flexibility index (Phi) is 6.98. The second-order valence-electron chi connectivity index (χ2n) is 7.20. The summed E-state index contributed by atoms with van der Waals surface area (Å²) in [6, 6.07) is 6.76. The van der Waals surface area contributed by atoms with Crippen LogP contribution in [0.1, 0.15) is 32.1 Å². The Labute approximate surface area is 173 Å². The minimum Gasteiger partial charge on any atom is -0.482 e. The largest absolute Gasteiger partial charge is 0.482 e. The van der Waals surface area contributed by atoms with E-state index in [0.29, 0.717) is 12.2 Å². The zero-order valence-electron chi connectivity index (χ0n) is 15.5. The number of amides is 1. The molecule has 9 heteroatoms. The van der Waals surface area contributed by atoms with Crippen LogP contribution >= 0.6 is 15.9 Å². The van der Waals surface area contributed by atoms with Crippen molar-refractivity contribution in [2.24, 2.45) is 0 Å². The Morgan fingerprint density at radius 3 is 2.50 bits per heavy atom. The van der Waals surface area contributed by atoms with Gasteiger partial charge in [0, 0.05) is 16.6 Å². The highest BCUT2D eigenvalue weighted by molar-refractivity contribution is 9.10. The molecule has 0 bridgehead atoms. The maximum Gasteiger partial charge on any atom is 0.344 e. The Hall–Kier alpha value is -1.61. The lowest BCUT2D eigenvalue weighted by molar-refractivity contribution is -0.155. The van der Waals surface area contributed by atoms with Crippen molar-refractivity contribution >= 4 is 37.6 Å². The van der Waals surface area contributed by atoms with Gasteiger partial charge in [-0.2, -0.15) is 0 Å². The predicted molar refractivity (Wildman–Crippen MR) is 107 cm³/mol. The number of ether oxygens (including phenoxy) is 2. The van der Waals surface area contributed by atoms with E-state index in [1.54, 1.807) is 23.1 Å². The Morgan fingerprint density at radius 1 is 1.11 bits per heavy atom. The van der Waals surface area contributed by atoms with Gasteiger partial charge in [0.15, 0.2) is 23.1 Å². The fraction of sp³-hybridized carbons (Fsp3) is 0.579. The molecule has 3 rings (SSSR count). The molecule has 1 aromatic carbocycles. The summed E-state index contributed by atoms with van der Waals surface area (Å²) in [5.74, 6) is -0.353. The van der Waals surface area contributed by atoms with Gasteiger partial charge in [0.05, 0.1) is 11.5 Å². The lowest BCUT2D eigenvalue weighted by Crippen LogP contribution is -2.48. The van der Waals surface area contributed by atoms with Gasteiger partial charge in [-0.15, -0.1) is 0 Å². The molecule has 2 aliphatic rings. The minimum atomic E-state index is -3.10. The van der Waals surface area contributed by atoms with E-state index >= 15 is 0 Å². The van der Waals surface area contributed by atoms with Crippen LogP contribution < -0.4 is 4.74 Å². The first-order chi connectivity index (χ1) is 13.3. The van der Waals surface area contributed by atoms with Crippen LogP contribution in [0, 0.1) is 0 Å². The summed E-state index contributed by atoms with van der Waals surface area (Å²) in [6.07, 6.45) is 4.22. The molecule has 2 fully saturated rings. The third-order valence-electron chi connectivity index (χ3n) is 5.12. The molecule has 1 atom stereocenters. The summed E-state index contributed by atoms with van der Waals surface area (Å²) >= 11 is 3.32. The molecular weight excluding hydrogens is 450 g/mol. The first-order valence-corrected chi connectivity index (χ1v) is 12.0. The number of benzene rings is 1. The number of rotatable bonds is 7. The van der Waals surface area contributed by atoms with E-state index in [1.807, 2.05) is 6.07 Å². The molecule has 0 N–H and O–H groups in total. The van der Waals surface area contributed by atoms with Gasteiger partial charge in [-0.1, -0.05) is 34.8 Å². The second-order valence-corrected chi connectivity index (χ2v) is 10.3. The summed E-state index contributed by atoms with van der Waals surface area (Å²) in [7, 11) is -3.10. The number of halogens is 1. The highest BCUT2D eigenvalue weighted by Gasteiger charge is 2.39. The second kappa shape index (κ2) is 9.26. The van der Waals surface area contributed by atoms with Gasteiger partial charge in [-0.3, -0.25) is 4.79 Å². The number of carbonyl (C=O) groups excluding carboxylic acids is 2. The molecule has 0 spiro atoms. The van der Waals surface area contributed by atoms with Crippen molar-refractivity contribution in [2.45, 2.75) is 44.2 Å². The normalized spacial score (nSPS) is 21.4. The number of sulfone groups is 1. The number of esters is 1. The van der Waals surface area contributed by atoms with Crippen LogP contribution in [0.5, 0.6) is 5.75 Å². The average Bonchev–Trinajstić information content (AvgIpc) is 3.28. The molecule has 1 aromatic rings. The lowest BCUT2D eigenvalue weighted by Gasteiger charge is -2.33. The molecule has 1 unspecified atom stereocenters. The highest BCUT2D eigenvalue weighted by Crippen LogP contribution is 2.29. The molecule has 154 valence electrons. The number of hydrogen-bond donors (Lipinski definition) is 0. The van der Waals surface area contributed by atoms with Crippen LogP contribution in [0.25, 0.3) is 0 Å². The van der Waals surface area contributed by atoms with Crippen molar-refractivity contribution in [3.63, 3.8) is 0 Å². The Balaban J connectivity index is 1.53. The molecule has 1 saturated carbocycles. The van der Waals surface area contributed by atoms with Gasteiger partial charge >= 0.3 is 5.97 Å². The molecule has 1 aliphatic heterocycles. The number of hydrogen-bond acceptors (Lipinski definition) is 6. The lowest BCUT2D eigenvalue weighted by atomic mass is 10.1. The standard InChI is InChI=1S/C19H24BrNO6S/c20-14-4-3-7-17(10-14)26-12-19(23)27-11-18(22)21(15-5-1-2-6-15)16-8-9-28(24,25)13-16/h3-4,7,10,15-16H,1-2,5-6,8-9,11-13H2. The van der Waals surface area contributed by atoms with E-state index in [9.17, 15) is 18.0 Å². The van der Waals surface area contributed by atoms with Crippen molar-refractivity contribution in [1.82, 2.24) is 4.90 Å². The van der Waals surface area contributed by atoms with Gasteiger partial charge < -0.3 is 14.4 Å². The fourth-order valence-corrected chi connectivity index (χ4v) is 5.93. The van der Waals surface area contributed by atoms with Crippen LogP contribution in [0.3, 0.4) is 0 Å². The van der Waals surface area contributed by atoms with Gasteiger partial charge in [0.25, 0.3) is 5.91 Å². The van der Waals surface area contributed by atoms with Crippen LogP contribution in [0.4, 0.5) is 0 Å². The Morgan fingerprint density at radius 2 is 1.86 bits per heavy atom. The van der Waals surface area contributed by atoms with Gasteiger partial charge in [0.2, 0.25) is 0 Å². The molecule has 7 nitrogen and oxygen atoms in total. The van der Waals surface area contributed by atoms with Gasteiger partial charge in [0.1, 0.15) is 5.75 Å². The molecule has 28 heavy (non-hydrogen) atoms. The highest BCUT2D eigenvalue weighted by atomic mass is 79.9. The first kappa shape index (κ1) is 21.1. The predicted octanol–water partition coefficient (Wildman–Crippen LogP) is 2.33. The van der Waals surface area contributed by atoms with Crippen molar-refractivity contribution in [1.29, 1.82) is 0 Å². The number of nitrogens with zero attached hydrogens (tertiary/aromatic N) is 1. The maximum atomic E-state index is 12.8. The van der Waals surface area contributed by atoms with E-state index < -0.39 is 22.4 Å². The summed E-state index contributed by atoms with van der Waals surface area (Å²) in [5, 5.41) is 0. The summed E-state index contributed by atoms with van der Waals surface area (Å²) in [5.41, 5.74) is 0. The van der Waals surface area contributed by atoms with Crippen molar-refractivity contribution < 1.29 is 27.5 Å². The molecule has 1 heterocycles. The smallest absolute Gasteiger partial charge is 0.344 e. The van der Waals surface area contributed by atoms with E-state index in [4.69, 9.17) is 9.47 Å². The van der Waals surface area contributed by atoms with Crippen LogP contribution in [0.15, 0.2) is 28.7 Å². The zero-order chi connectivity index (χ0) is 20.1.